The fourth-order valence-electron chi connectivity index (χ4n) is 1.41. The Labute approximate surface area is 132 Å². The average molecular weight is 297 g/mol. The molecule has 0 amide bonds. The fourth-order valence-corrected chi connectivity index (χ4v) is 1.78. The van der Waals surface area contributed by atoms with Crippen LogP contribution in [0.15, 0.2) is 12.7 Å². The van der Waals surface area contributed by atoms with Crippen LogP contribution in [0.5, 0.6) is 0 Å². The van der Waals surface area contributed by atoms with Gasteiger partial charge in [0.25, 0.3) is 0 Å². The average Bonchev–Trinajstić information content (AvgIpc) is 2.68. The number of fused-ring (bicyclic) bond motifs is 1. The molecular formula is C8H13N5NaO4P. The molecule has 0 unspecified atom stereocenters. The van der Waals surface area contributed by atoms with Crippen LogP contribution in [0.2, 0.25) is 0 Å². The summed E-state index contributed by atoms with van der Waals surface area (Å²) in [5.74, 6) is 0.287. The Balaban J connectivity index is 0.00000180. The van der Waals surface area contributed by atoms with Gasteiger partial charge in [0.15, 0.2) is 11.5 Å². The van der Waals surface area contributed by atoms with Crippen molar-refractivity contribution >= 4 is 24.6 Å². The number of nitrogens with two attached hydrogens (primary N) is 1. The molecule has 0 spiro atoms. The third-order valence-corrected chi connectivity index (χ3v) is 2.68. The Bertz CT molecular complexity index is 606. The van der Waals surface area contributed by atoms with Gasteiger partial charge in [-0.25, -0.2) is 15.0 Å². The molecule has 0 fully saturated rings. The van der Waals surface area contributed by atoms with Crippen molar-refractivity contribution in [1.82, 2.24) is 19.5 Å². The predicted molar refractivity (Wildman–Crippen MR) is 63.7 cm³/mol. The first-order valence-electron chi connectivity index (χ1n) is 5.01. The Morgan fingerprint density at radius 3 is 2.84 bits per heavy atom. The van der Waals surface area contributed by atoms with Gasteiger partial charge in [-0.3, -0.25) is 4.57 Å². The van der Waals surface area contributed by atoms with E-state index in [9.17, 15) is 4.57 Å². The molecule has 11 heteroatoms. The van der Waals surface area contributed by atoms with Gasteiger partial charge >= 0.3 is 37.2 Å². The predicted octanol–water partition coefficient (Wildman–Crippen LogP) is -3.32. The Hall–Kier alpha value is -0.540. The zero-order valence-corrected chi connectivity index (χ0v) is 13.2. The molecule has 0 aromatic carbocycles. The molecule has 0 atom stereocenters. The first-order valence-corrected chi connectivity index (χ1v) is 6.81. The van der Waals surface area contributed by atoms with Gasteiger partial charge in [-0.1, -0.05) is 0 Å². The number of nitrogen functional groups attached to an aromatic ring is 1. The van der Waals surface area contributed by atoms with Crippen molar-refractivity contribution in [2.24, 2.45) is 0 Å². The standard InChI is InChI=1S/C8H12N5O4P.Na.H/c9-7-6-8(11-3-10-7)13(4-12-6)1-2-17-5-18(14,15)16;;/h3-4H,1-2,5H2,(H2,9,10,11)(H2,14,15,16);;/q;+1;-1. The van der Waals surface area contributed by atoms with Crippen LogP contribution in [0.3, 0.4) is 0 Å². The minimum Gasteiger partial charge on any atom is -1.00 e. The minimum absolute atomic E-state index is 0. The van der Waals surface area contributed by atoms with Crippen LogP contribution in [0, 0.1) is 0 Å². The van der Waals surface area contributed by atoms with Crippen LogP contribution >= 0.6 is 7.60 Å². The number of ether oxygens (including phenoxy) is 1. The maximum Gasteiger partial charge on any atom is 1.00 e. The van der Waals surface area contributed by atoms with E-state index in [1.165, 1.54) is 12.7 Å². The van der Waals surface area contributed by atoms with Crippen LogP contribution < -0.4 is 35.3 Å². The summed E-state index contributed by atoms with van der Waals surface area (Å²) in [6.45, 7) is 0.507. The van der Waals surface area contributed by atoms with Gasteiger partial charge in [0.2, 0.25) is 0 Å². The van der Waals surface area contributed by atoms with E-state index in [1.54, 1.807) is 4.57 Å². The second-order valence-corrected chi connectivity index (χ2v) is 5.16. The third-order valence-electron chi connectivity index (χ3n) is 2.17. The van der Waals surface area contributed by atoms with Crippen LogP contribution in [0.4, 0.5) is 5.82 Å². The largest absolute Gasteiger partial charge is 1.00 e. The normalized spacial score (nSPS) is 11.5. The Kier molecular flexibility index (Phi) is 5.87. The SMILES string of the molecule is Nc1ncnc2c1ncn2CCOCP(=O)(O)O.[H-].[Na+]. The van der Waals surface area contributed by atoms with Crippen LogP contribution in [0.25, 0.3) is 11.2 Å². The molecule has 4 N–H and O–H groups in total. The van der Waals surface area contributed by atoms with Crippen molar-refractivity contribution in [3.63, 3.8) is 0 Å². The van der Waals surface area contributed by atoms with E-state index in [4.69, 9.17) is 20.3 Å². The summed E-state index contributed by atoms with van der Waals surface area (Å²) >= 11 is 0. The van der Waals surface area contributed by atoms with E-state index >= 15 is 0 Å². The smallest absolute Gasteiger partial charge is 1.00 e. The maximum absolute atomic E-state index is 10.6. The number of imidazole rings is 1. The number of hydrogen-bond donors (Lipinski definition) is 3. The zero-order valence-electron chi connectivity index (χ0n) is 11.3. The minimum atomic E-state index is -4.12. The second kappa shape index (κ2) is 6.76. The van der Waals surface area contributed by atoms with Crippen LogP contribution in [-0.4, -0.2) is 42.3 Å². The van der Waals surface area contributed by atoms with Gasteiger partial charge in [0.1, 0.15) is 18.2 Å². The Morgan fingerprint density at radius 1 is 1.42 bits per heavy atom. The molecule has 19 heavy (non-hydrogen) atoms. The van der Waals surface area contributed by atoms with Gasteiger partial charge < -0.3 is 26.3 Å². The molecular weight excluding hydrogens is 284 g/mol. The fraction of sp³-hybridized carbons (Fsp3) is 0.375. The first kappa shape index (κ1) is 16.5. The summed E-state index contributed by atoms with van der Waals surface area (Å²) in [5, 5.41) is 0. The van der Waals surface area contributed by atoms with E-state index in [1.807, 2.05) is 0 Å². The maximum atomic E-state index is 10.6. The van der Waals surface area contributed by atoms with Gasteiger partial charge in [0.05, 0.1) is 12.9 Å². The third kappa shape index (κ3) is 4.50. The monoisotopic (exact) mass is 297 g/mol. The zero-order chi connectivity index (χ0) is 13.2. The topological polar surface area (TPSA) is 136 Å². The quantitative estimate of drug-likeness (QED) is 0.296. The number of nitrogens with zero attached hydrogens (tertiary/aromatic N) is 4. The Morgan fingerprint density at radius 2 is 2.16 bits per heavy atom. The number of aromatic nitrogens is 4. The molecule has 9 nitrogen and oxygen atoms in total. The molecule has 2 rings (SSSR count). The van der Waals surface area contributed by atoms with Gasteiger partial charge in [-0.2, -0.15) is 0 Å². The molecule has 0 bridgehead atoms. The molecule has 100 valence electrons. The molecule has 0 saturated carbocycles. The van der Waals surface area contributed by atoms with Gasteiger partial charge in [-0.05, 0) is 0 Å². The van der Waals surface area contributed by atoms with E-state index in [2.05, 4.69) is 15.0 Å². The summed E-state index contributed by atoms with van der Waals surface area (Å²) in [4.78, 5) is 29.1. The molecule has 0 aliphatic rings. The molecule has 0 aliphatic carbocycles. The summed E-state index contributed by atoms with van der Waals surface area (Å²) < 4.78 is 17.1. The summed E-state index contributed by atoms with van der Waals surface area (Å²) in [5.41, 5.74) is 6.67. The number of rotatable bonds is 5. The number of hydrogen-bond acceptors (Lipinski definition) is 6. The van der Waals surface area contributed by atoms with Crippen molar-refractivity contribution in [1.29, 1.82) is 0 Å². The van der Waals surface area contributed by atoms with Crippen molar-refractivity contribution in [2.75, 3.05) is 18.7 Å². The van der Waals surface area contributed by atoms with Crippen LogP contribution in [-0.2, 0) is 15.8 Å². The van der Waals surface area contributed by atoms with Crippen molar-refractivity contribution < 1.29 is 50.1 Å². The van der Waals surface area contributed by atoms with Gasteiger partial charge in [0, 0.05) is 6.54 Å². The van der Waals surface area contributed by atoms with Gasteiger partial charge in [-0.15, -0.1) is 0 Å². The summed E-state index contributed by atoms with van der Waals surface area (Å²) in [6.07, 6.45) is 2.25. The molecule has 2 aromatic heterocycles. The summed E-state index contributed by atoms with van der Waals surface area (Å²) in [7, 11) is -4.12. The summed E-state index contributed by atoms with van der Waals surface area (Å²) in [6, 6.07) is 0. The van der Waals surface area contributed by atoms with Crippen molar-refractivity contribution in [3.8, 4) is 0 Å². The second-order valence-electron chi connectivity index (χ2n) is 3.57. The van der Waals surface area contributed by atoms with Crippen molar-refractivity contribution in [2.45, 2.75) is 6.54 Å². The van der Waals surface area contributed by atoms with Crippen LogP contribution in [0.1, 0.15) is 1.43 Å². The van der Waals surface area contributed by atoms with E-state index < -0.39 is 13.9 Å². The van der Waals surface area contributed by atoms with E-state index in [-0.39, 0.29) is 43.4 Å². The molecule has 0 saturated heterocycles. The molecule has 0 radical (unpaired) electrons. The molecule has 0 aliphatic heterocycles. The molecule has 2 heterocycles. The van der Waals surface area contributed by atoms with E-state index in [0.717, 1.165) is 0 Å². The first-order chi connectivity index (χ1) is 8.47. The van der Waals surface area contributed by atoms with E-state index in [0.29, 0.717) is 17.7 Å². The molecule has 2 aromatic rings. The van der Waals surface area contributed by atoms with Crippen molar-refractivity contribution in [3.05, 3.63) is 12.7 Å². The number of anilines is 1.